The van der Waals surface area contributed by atoms with E-state index in [-0.39, 0.29) is 18.0 Å². The molecule has 4 heteroatoms. The van der Waals surface area contributed by atoms with Gasteiger partial charge in [0.1, 0.15) is 0 Å². The first-order valence-corrected chi connectivity index (χ1v) is 8.91. The van der Waals surface area contributed by atoms with Gasteiger partial charge in [-0.2, -0.15) is 0 Å². The fourth-order valence-electron chi connectivity index (χ4n) is 4.01. The third-order valence-electron chi connectivity index (χ3n) is 5.17. The molecule has 0 bridgehead atoms. The van der Waals surface area contributed by atoms with E-state index in [0.29, 0.717) is 13.0 Å². The van der Waals surface area contributed by atoms with Crippen LogP contribution in [0.3, 0.4) is 0 Å². The maximum Gasteiger partial charge on any atom is 0.224 e. The highest BCUT2D eigenvalue weighted by Gasteiger charge is 2.32. The number of ether oxygens (including phenoxy) is 1. The lowest BCUT2D eigenvalue weighted by molar-refractivity contribution is -0.133. The average Bonchev–Trinajstić information content (AvgIpc) is 3.12. The first kappa shape index (κ1) is 15.6. The minimum atomic E-state index is 0.153. The highest BCUT2D eigenvalue weighted by atomic mass is 16.5. The van der Waals surface area contributed by atoms with Crippen LogP contribution >= 0.6 is 0 Å². The van der Waals surface area contributed by atoms with E-state index < -0.39 is 0 Å². The molecule has 24 heavy (non-hydrogen) atoms. The predicted octanol–water partition coefficient (Wildman–Crippen LogP) is 2.88. The van der Waals surface area contributed by atoms with Crippen molar-refractivity contribution < 1.29 is 9.53 Å². The Bertz CT molecular complexity index is 719. The molecule has 1 amide bonds. The Morgan fingerprint density at radius 3 is 2.96 bits per heavy atom. The number of nitrogens with zero attached hydrogens (tertiary/aromatic N) is 1. The van der Waals surface area contributed by atoms with Gasteiger partial charge in [-0.05, 0) is 29.2 Å². The zero-order chi connectivity index (χ0) is 16.4. The second-order valence-corrected chi connectivity index (χ2v) is 6.74. The summed E-state index contributed by atoms with van der Waals surface area (Å²) in [5.74, 6) is 0.244. The van der Waals surface area contributed by atoms with Crippen LogP contribution in [0, 0.1) is 0 Å². The maximum atomic E-state index is 12.9. The van der Waals surface area contributed by atoms with Crippen LogP contribution in [0.5, 0.6) is 0 Å². The van der Waals surface area contributed by atoms with Crippen LogP contribution in [0.2, 0.25) is 0 Å². The molecule has 0 saturated carbocycles. The number of hydrogen-bond donors (Lipinski definition) is 1. The van der Waals surface area contributed by atoms with Crippen molar-refractivity contribution in [2.45, 2.75) is 31.3 Å². The van der Waals surface area contributed by atoms with Gasteiger partial charge in [0.05, 0.1) is 19.3 Å². The topological polar surface area (TPSA) is 41.6 Å². The van der Waals surface area contributed by atoms with Gasteiger partial charge in [0.2, 0.25) is 5.91 Å². The molecule has 0 aromatic heterocycles. The van der Waals surface area contributed by atoms with Gasteiger partial charge < -0.3 is 15.0 Å². The first-order chi connectivity index (χ1) is 11.8. The molecule has 2 aliphatic rings. The Morgan fingerprint density at radius 2 is 2.08 bits per heavy atom. The molecule has 0 spiro atoms. The second kappa shape index (κ2) is 6.91. The standard InChI is InChI=1S/C20H24N2O2/c23-20(13-16-14-24-12-10-21-16)22-11-4-9-19(22)18-8-3-6-15-5-1-2-7-17(15)18/h1-3,5-8,16,19,21H,4,9-14H2. The Balaban J connectivity index is 1.56. The number of benzene rings is 2. The Labute approximate surface area is 142 Å². The zero-order valence-electron chi connectivity index (χ0n) is 13.9. The Morgan fingerprint density at radius 1 is 1.21 bits per heavy atom. The molecule has 1 N–H and O–H groups in total. The van der Waals surface area contributed by atoms with E-state index in [1.54, 1.807) is 0 Å². The van der Waals surface area contributed by atoms with Crippen LogP contribution in [0.4, 0.5) is 0 Å². The van der Waals surface area contributed by atoms with Crippen molar-refractivity contribution in [3.63, 3.8) is 0 Å². The molecule has 2 aromatic carbocycles. The SMILES string of the molecule is O=C(CC1COCCN1)N1CCCC1c1cccc2ccccc12. The van der Waals surface area contributed by atoms with Crippen LogP contribution in [-0.2, 0) is 9.53 Å². The number of carbonyl (C=O) groups is 1. The van der Waals surface area contributed by atoms with Crippen molar-refractivity contribution in [1.82, 2.24) is 10.2 Å². The summed E-state index contributed by atoms with van der Waals surface area (Å²) in [6.45, 7) is 3.08. The van der Waals surface area contributed by atoms with Crippen molar-refractivity contribution in [2.75, 3.05) is 26.3 Å². The van der Waals surface area contributed by atoms with Crippen LogP contribution < -0.4 is 5.32 Å². The number of carbonyl (C=O) groups excluding carboxylic acids is 1. The molecule has 2 unspecified atom stereocenters. The molecule has 4 nitrogen and oxygen atoms in total. The fourth-order valence-corrected chi connectivity index (χ4v) is 4.01. The van der Waals surface area contributed by atoms with E-state index in [1.807, 2.05) is 0 Å². The van der Waals surface area contributed by atoms with Crippen LogP contribution in [-0.4, -0.2) is 43.2 Å². The number of fused-ring (bicyclic) bond motifs is 1. The molecule has 0 radical (unpaired) electrons. The summed E-state index contributed by atoms with van der Waals surface area (Å²) < 4.78 is 5.48. The predicted molar refractivity (Wildman–Crippen MR) is 94.9 cm³/mol. The minimum absolute atomic E-state index is 0.153. The molecule has 2 atom stereocenters. The van der Waals surface area contributed by atoms with E-state index in [0.717, 1.165) is 32.5 Å². The first-order valence-electron chi connectivity index (χ1n) is 8.91. The van der Waals surface area contributed by atoms with E-state index in [1.165, 1.54) is 16.3 Å². The highest BCUT2D eigenvalue weighted by Crippen LogP contribution is 2.36. The van der Waals surface area contributed by atoms with E-state index in [2.05, 4.69) is 52.7 Å². The Hall–Kier alpha value is -1.91. The van der Waals surface area contributed by atoms with Gasteiger partial charge in [-0.1, -0.05) is 42.5 Å². The summed E-state index contributed by atoms with van der Waals surface area (Å²) in [6, 6.07) is 15.2. The smallest absolute Gasteiger partial charge is 0.224 e. The molecule has 2 heterocycles. The monoisotopic (exact) mass is 324 g/mol. The van der Waals surface area contributed by atoms with Crippen LogP contribution in [0.15, 0.2) is 42.5 Å². The summed E-state index contributed by atoms with van der Waals surface area (Å²) >= 11 is 0. The largest absolute Gasteiger partial charge is 0.378 e. The van der Waals surface area contributed by atoms with E-state index >= 15 is 0 Å². The number of amides is 1. The third-order valence-corrected chi connectivity index (χ3v) is 5.17. The molecule has 126 valence electrons. The summed E-state index contributed by atoms with van der Waals surface area (Å²) in [4.78, 5) is 14.9. The van der Waals surface area contributed by atoms with E-state index in [9.17, 15) is 4.79 Å². The number of hydrogen-bond acceptors (Lipinski definition) is 3. The second-order valence-electron chi connectivity index (χ2n) is 6.74. The van der Waals surface area contributed by atoms with E-state index in [4.69, 9.17) is 4.74 Å². The van der Waals surface area contributed by atoms with Gasteiger partial charge in [0.15, 0.2) is 0 Å². The lowest BCUT2D eigenvalue weighted by Gasteiger charge is -2.29. The molecule has 4 rings (SSSR count). The van der Waals surface area contributed by atoms with Crippen molar-refractivity contribution in [3.8, 4) is 0 Å². The lowest BCUT2D eigenvalue weighted by atomic mass is 9.97. The number of morpholine rings is 1. The van der Waals surface area contributed by atoms with Gasteiger partial charge in [0.25, 0.3) is 0 Å². The van der Waals surface area contributed by atoms with Gasteiger partial charge >= 0.3 is 0 Å². The van der Waals surface area contributed by atoms with Crippen molar-refractivity contribution >= 4 is 16.7 Å². The normalized spacial score (nSPS) is 24.4. The van der Waals surface area contributed by atoms with Crippen molar-refractivity contribution in [1.29, 1.82) is 0 Å². The quantitative estimate of drug-likeness (QED) is 0.944. The highest BCUT2D eigenvalue weighted by molar-refractivity contribution is 5.87. The molecule has 2 saturated heterocycles. The number of nitrogens with one attached hydrogen (secondary N) is 1. The summed E-state index contributed by atoms with van der Waals surface area (Å²) in [5, 5.41) is 5.90. The number of likely N-dealkylation sites (tertiary alicyclic amines) is 1. The fraction of sp³-hybridized carbons (Fsp3) is 0.450. The van der Waals surface area contributed by atoms with Crippen molar-refractivity contribution in [2.24, 2.45) is 0 Å². The summed E-state index contributed by atoms with van der Waals surface area (Å²) in [7, 11) is 0. The average molecular weight is 324 g/mol. The number of rotatable bonds is 3. The summed E-state index contributed by atoms with van der Waals surface area (Å²) in [5.41, 5.74) is 1.28. The molecule has 0 aliphatic carbocycles. The molecular formula is C20H24N2O2. The maximum absolute atomic E-state index is 12.9. The van der Waals surface area contributed by atoms with Gasteiger partial charge in [0, 0.05) is 25.6 Å². The lowest BCUT2D eigenvalue weighted by Crippen LogP contribution is -2.45. The van der Waals surface area contributed by atoms with Gasteiger partial charge in [-0.25, -0.2) is 0 Å². The minimum Gasteiger partial charge on any atom is -0.378 e. The van der Waals surface area contributed by atoms with Gasteiger partial charge in [-0.15, -0.1) is 0 Å². The summed E-state index contributed by atoms with van der Waals surface area (Å²) in [6.07, 6.45) is 2.66. The molecule has 2 aliphatic heterocycles. The van der Waals surface area contributed by atoms with Crippen LogP contribution in [0.25, 0.3) is 10.8 Å². The van der Waals surface area contributed by atoms with Gasteiger partial charge in [-0.3, -0.25) is 4.79 Å². The van der Waals surface area contributed by atoms with Crippen LogP contribution in [0.1, 0.15) is 30.9 Å². The molecule has 2 fully saturated rings. The van der Waals surface area contributed by atoms with Crippen molar-refractivity contribution in [3.05, 3.63) is 48.0 Å². The molecule has 2 aromatic rings. The zero-order valence-corrected chi connectivity index (χ0v) is 13.9. The molecular weight excluding hydrogens is 300 g/mol. The third kappa shape index (κ3) is 3.04. The Kier molecular flexibility index (Phi) is 4.50.